The monoisotopic (exact) mass is 251 g/mol. The van der Waals surface area contributed by atoms with Crippen molar-refractivity contribution in [3.63, 3.8) is 0 Å². The Morgan fingerprint density at radius 1 is 1.59 bits per heavy atom. The second kappa shape index (κ2) is 5.87. The summed E-state index contributed by atoms with van der Waals surface area (Å²) in [7, 11) is 0. The Morgan fingerprint density at radius 2 is 2.29 bits per heavy atom. The van der Waals surface area contributed by atoms with Gasteiger partial charge in [0.25, 0.3) is 0 Å². The van der Waals surface area contributed by atoms with Crippen LogP contribution in [0.4, 0.5) is 0 Å². The molecule has 2 atom stereocenters. The van der Waals surface area contributed by atoms with Crippen LogP contribution in [0, 0.1) is 0 Å². The fraction of sp³-hybridized carbons (Fsp3) is 0.357. The van der Waals surface area contributed by atoms with Crippen molar-refractivity contribution in [2.45, 2.75) is 30.7 Å². The molecule has 0 saturated heterocycles. The predicted octanol–water partition coefficient (Wildman–Crippen LogP) is 3.12. The third-order valence-electron chi connectivity index (χ3n) is 2.72. The van der Waals surface area contributed by atoms with Gasteiger partial charge in [-0.3, -0.25) is 4.79 Å². The number of nitrogens with one attached hydrogen (secondary N) is 1. The second-order valence-corrected chi connectivity index (χ2v) is 4.85. The van der Waals surface area contributed by atoms with E-state index in [1.165, 1.54) is 6.92 Å². The van der Waals surface area contributed by atoms with Crippen LogP contribution in [-0.2, 0) is 4.79 Å². The molecule has 0 aromatic rings. The van der Waals surface area contributed by atoms with E-state index in [9.17, 15) is 4.79 Å². The quantitative estimate of drug-likeness (QED) is 0.590. The summed E-state index contributed by atoms with van der Waals surface area (Å²) in [5, 5.41) is 2.91. The summed E-state index contributed by atoms with van der Waals surface area (Å²) >= 11 is 6.57. The number of amides is 1. The van der Waals surface area contributed by atoms with Crippen LogP contribution in [0.3, 0.4) is 0 Å². The molecule has 0 fully saturated rings. The second-order valence-electron chi connectivity index (χ2n) is 4.15. The smallest absolute Gasteiger partial charge is 0.217 e. The molecule has 2 unspecified atom stereocenters. The van der Waals surface area contributed by atoms with E-state index < -0.39 is 4.87 Å². The van der Waals surface area contributed by atoms with Gasteiger partial charge in [-0.2, -0.15) is 0 Å². The van der Waals surface area contributed by atoms with Gasteiger partial charge in [-0.1, -0.05) is 30.4 Å². The van der Waals surface area contributed by atoms with Gasteiger partial charge in [0.2, 0.25) is 5.91 Å². The largest absolute Gasteiger partial charge is 0.348 e. The van der Waals surface area contributed by atoms with Crippen LogP contribution in [0.1, 0.15) is 19.8 Å². The summed E-state index contributed by atoms with van der Waals surface area (Å²) in [4.78, 5) is 10.7. The van der Waals surface area contributed by atoms with Gasteiger partial charge in [0.15, 0.2) is 0 Å². The first-order valence-electron chi connectivity index (χ1n) is 5.59. The molecule has 0 saturated carbocycles. The Labute approximate surface area is 108 Å². The van der Waals surface area contributed by atoms with Gasteiger partial charge in [-0.25, -0.2) is 0 Å². The summed E-state index contributed by atoms with van der Waals surface area (Å²) in [6, 6.07) is -0.206. The van der Waals surface area contributed by atoms with Crippen molar-refractivity contribution in [2.24, 2.45) is 0 Å². The highest BCUT2D eigenvalue weighted by Gasteiger charge is 2.37. The zero-order valence-corrected chi connectivity index (χ0v) is 10.8. The average molecular weight is 252 g/mol. The van der Waals surface area contributed by atoms with E-state index in [0.29, 0.717) is 12.8 Å². The van der Waals surface area contributed by atoms with Crippen molar-refractivity contribution in [2.75, 3.05) is 0 Å². The van der Waals surface area contributed by atoms with Crippen LogP contribution in [0.2, 0.25) is 0 Å². The van der Waals surface area contributed by atoms with E-state index in [0.717, 1.165) is 5.57 Å². The van der Waals surface area contributed by atoms with Crippen molar-refractivity contribution in [3.05, 3.63) is 49.1 Å². The lowest BCUT2D eigenvalue weighted by atomic mass is 9.84. The molecular weight excluding hydrogens is 234 g/mol. The van der Waals surface area contributed by atoms with Gasteiger partial charge in [-0.15, -0.1) is 24.8 Å². The van der Waals surface area contributed by atoms with Gasteiger partial charge in [0.05, 0.1) is 10.9 Å². The van der Waals surface area contributed by atoms with E-state index in [-0.39, 0.29) is 11.9 Å². The Kier molecular flexibility index (Phi) is 4.76. The fourth-order valence-electron chi connectivity index (χ4n) is 2.01. The molecule has 0 radical (unpaired) electrons. The maximum atomic E-state index is 11.3. The lowest BCUT2D eigenvalue weighted by Crippen LogP contribution is -2.49. The highest BCUT2D eigenvalue weighted by atomic mass is 35.5. The number of rotatable bonds is 5. The third kappa shape index (κ3) is 3.34. The van der Waals surface area contributed by atoms with Gasteiger partial charge in [0, 0.05) is 6.92 Å². The molecule has 1 N–H and O–H groups in total. The van der Waals surface area contributed by atoms with Gasteiger partial charge in [0.1, 0.15) is 0 Å². The number of allylic oxidation sites excluding steroid dienone is 4. The summed E-state index contributed by atoms with van der Waals surface area (Å²) in [6.45, 7) is 8.93. The van der Waals surface area contributed by atoms with E-state index in [4.69, 9.17) is 11.6 Å². The molecule has 0 heterocycles. The van der Waals surface area contributed by atoms with E-state index >= 15 is 0 Å². The number of alkyl halides is 1. The minimum absolute atomic E-state index is 0.0886. The number of carbonyl (C=O) groups is 1. The fourth-order valence-corrected chi connectivity index (χ4v) is 2.38. The average Bonchev–Trinajstić information content (AvgIpc) is 2.24. The Balaban J connectivity index is 3.02. The molecule has 1 rings (SSSR count). The highest BCUT2D eigenvalue weighted by molar-refractivity contribution is 6.26. The van der Waals surface area contributed by atoms with Crippen molar-refractivity contribution < 1.29 is 4.79 Å². The van der Waals surface area contributed by atoms with Crippen LogP contribution >= 0.6 is 11.6 Å². The molecule has 0 spiro atoms. The Bertz CT molecular complexity index is 384. The maximum absolute atomic E-state index is 11.3. The third-order valence-corrected chi connectivity index (χ3v) is 3.22. The number of hydrogen-bond donors (Lipinski definition) is 1. The molecule has 0 bridgehead atoms. The molecule has 1 aliphatic carbocycles. The van der Waals surface area contributed by atoms with Gasteiger partial charge >= 0.3 is 0 Å². The van der Waals surface area contributed by atoms with Crippen molar-refractivity contribution in [3.8, 4) is 0 Å². The lowest BCUT2D eigenvalue weighted by Gasteiger charge is -2.36. The van der Waals surface area contributed by atoms with E-state index in [1.807, 2.05) is 24.3 Å². The minimum Gasteiger partial charge on any atom is -0.348 e. The number of carbonyl (C=O) groups excluding carboxylic acids is 1. The normalized spacial score (nSPS) is 27.2. The van der Waals surface area contributed by atoms with E-state index in [2.05, 4.69) is 18.5 Å². The molecule has 0 aliphatic heterocycles. The SMILES string of the molecule is C=CCC1=CC=CC(Cl)(CC=C)C1NC(C)=O. The molecule has 0 aromatic carbocycles. The predicted molar refractivity (Wildman–Crippen MR) is 73.0 cm³/mol. The first-order valence-corrected chi connectivity index (χ1v) is 5.97. The number of hydrogen-bond acceptors (Lipinski definition) is 1. The standard InChI is InChI=1S/C14H18ClNO/c1-4-7-12-8-6-10-14(15,9-5-2)13(12)16-11(3)17/h4-6,8,10,13H,1-2,7,9H2,3H3,(H,16,17). The summed E-state index contributed by atoms with van der Waals surface area (Å²) in [5.74, 6) is -0.0886. The minimum atomic E-state index is -0.624. The van der Waals surface area contributed by atoms with Crippen LogP contribution in [0.5, 0.6) is 0 Å². The summed E-state index contributed by atoms with van der Waals surface area (Å²) in [6.07, 6.45) is 10.7. The Morgan fingerprint density at radius 3 is 2.82 bits per heavy atom. The molecule has 1 aliphatic rings. The maximum Gasteiger partial charge on any atom is 0.217 e. The van der Waals surface area contributed by atoms with Gasteiger partial charge in [-0.05, 0) is 18.4 Å². The zero-order valence-electron chi connectivity index (χ0n) is 10.1. The number of halogens is 1. The molecule has 0 aromatic heterocycles. The molecule has 92 valence electrons. The lowest BCUT2D eigenvalue weighted by molar-refractivity contribution is -0.119. The van der Waals surface area contributed by atoms with Crippen LogP contribution in [0.25, 0.3) is 0 Å². The van der Waals surface area contributed by atoms with Crippen LogP contribution in [0.15, 0.2) is 49.1 Å². The van der Waals surface area contributed by atoms with E-state index in [1.54, 1.807) is 6.08 Å². The molecular formula is C14H18ClNO. The molecule has 17 heavy (non-hydrogen) atoms. The topological polar surface area (TPSA) is 29.1 Å². The first kappa shape index (κ1) is 13.8. The van der Waals surface area contributed by atoms with Crippen molar-refractivity contribution in [1.29, 1.82) is 0 Å². The van der Waals surface area contributed by atoms with Crippen molar-refractivity contribution in [1.82, 2.24) is 5.32 Å². The molecule has 3 heteroatoms. The summed E-state index contributed by atoms with van der Waals surface area (Å²) in [5.41, 5.74) is 1.06. The Hall–Kier alpha value is -1.28. The highest BCUT2D eigenvalue weighted by Crippen LogP contribution is 2.35. The van der Waals surface area contributed by atoms with Crippen LogP contribution < -0.4 is 5.32 Å². The molecule has 2 nitrogen and oxygen atoms in total. The summed E-state index contributed by atoms with van der Waals surface area (Å²) < 4.78 is 0. The zero-order chi connectivity index (χ0) is 12.9. The first-order chi connectivity index (χ1) is 8.03. The van der Waals surface area contributed by atoms with Crippen LogP contribution in [-0.4, -0.2) is 16.8 Å². The van der Waals surface area contributed by atoms with Gasteiger partial charge < -0.3 is 5.32 Å². The molecule has 1 amide bonds. The van der Waals surface area contributed by atoms with Crippen molar-refractivity contribution >= 4 is 17.5 Å².